The lowest BCUT2D eigenvalue weighted by atomic mass is 10.5. The van der Waals surface area contributed by atoms with Gasteiger partial charge in [-0.3, -0.25) is 5.10 Å². The van der Waals surface area contributed by atoms with Crippen LogP contribution >= 0.6 is 15.9 Å². The zero-order valence-electron chi connectivity index (χ0n) is 4.40. The molecule has 9 heavy (non-hydrogen) atoms. The first-order valence-corrected chi connectivity index (χ1v) is 2.97. The number of H-pyrrole nitrogens is 1. The average Bonchev–Trinajstić information content (AvgIpc) is 1.98. The van der Waals surface area contributed by atoms with Crippen molar-refractivity contribution >= 4 is 21.7 Å². The van der Waals surface area contributed by atoms with Gasteiger partial charge < -0.3 is 5.73 Å². The second kappa shape index (κ2) is 2.87. The number of nitrogen functional groups attached to an aromatic ring is 1. The van der Waals surface area contributed by atoms with E-state index in [1.165, 1.54) is 0 Å². The molecule has 0 unspecified atom stereocenters. The Morgan fingerprint density at radius 2 is 2.22 bits per heavy atom. The van der Waals surface area contributed by atoms with E-state index >= 15 is 0 Å². The van der Waals surface area contributed by atoms with E-state index in [4.69, 9.17) is 5.73 Å². The van der Waals surface area contributed by atoms with Crippen molar-refractivity contribution in [1.29, 1.82) is 0 Å². The Balaban J connectivity index is 0.000000640. The van der Waals surface area contributed by atoms with Gasteiger partial charge in [0.15, 0.2) is 5.82 Å². The van der Waals surface area contributed by atoms with E-state index in [1.807, 2.05) is 6.92 Å². The molecule has 0 aromatic carbocycles. The van der Waals surface area contributed by atoms with Crippen LogP contribution in [0.3, 0.4) is 0 Å². The fourth-order valence-electron chi connectivity index (χ4n) is 0.434. The molecule has 0 amide bonds. The first kappa shape index (κ1) is 8.49. The average molecular weight is 192 g/mol. The molecule has 1 aromatic heterocycles. The number of nitrogens with two attached hydrogens (primary N) is 1. The number of nitrogens with one attached hydrogen (secondary N) is 1. The number of rotatable bonds is 0. The third-order valence-electron chi connectivity index (χ3n) is 0.898. The highest BCUT2D eigenvalue weighted by molar-refractivity contribution is 9.10. The lowest BCUT2D eigenvalue weighted by molar-refractivity contribution is 1.05. The molecule has 0 atom stereocenters. The zero-order valence-corrected chi connectivity index (χ0v) is 5.99. The molecule has 0 saturated carbocycles. The second-order valence-electron chi connectivity index (χ2n) is 1.55. The lowest BCUT2D eigenvalue weighted by Gasteiger charge is -1.81. The van der Waals surface area contributed by atoms with Gasteiger partial charge in [0, 0.05) is 5.69 Å². The molecule has 0 aliphatic rings. The number of hydrogen-bond donors (Lipinski definition) is 2. The van der Waals surface area contributed by atoms with Crippen LogP contribution in [0.25, 0.3) is 0 Å². The second-order valence-corrected chi connectivity index (χ2v) is 2.34. The molecule has 0 fully saturated rings. The summed E-state index contributed by atoms with van der Waals surface area (Å²) in [6.45, 7) is 1.90. The van der Waals surface area contributed by atoms with E-state index < -0.39 is 0 Å². The summed E-state index contributed by atoms with van der Waals surface area (Å²) >= 11 is 3.23. The highest BCUT2D eigenvalue weighted by Crippen LogP contribution is 2.18. The summed E-state index contributed by atoms with van der Waals surface area (Å²) < 4.78 is 0.859. The van der Waals surface area contributed by atoms with Gasteiger partial charge in [-0.25, -0.2) is 0 Å². The smallest absolute Gasteiger partial charge is 0.159 e. The molecule has 3 nitrogen and oxygen atoms in total. The Bertz CT molecular complexity index is 175. The first-order valence-electron chi connectivity index (χ1n) is 2.17. The zero-order chi connectivity index (χ0) is 6.15. The van der Waals surface area contributed by atoms with Crippen molar-refractivity contribution in [3.63, 3.8) is 0 Å². The van der Waals surface area contributed by atoms with Crippen LogP contribution in [0.1, 0.15) is 13.1 Å². The molecule has 4 heteroatoms. The Morgan fingerprint density at radius 1 is 1.67 bits per heavy atom. The Labute approximate surface area is 62.8 Å². The van der Waals surface area contributed by atoms with E-state index in [0.717, 1.165) is 10.2 Å². The minimum absolute atomic E-state index is 0. The number of aromatic amines is 1. The minimum atomic E-state index is 0. The maximum absolute atomic E-state index is 5.35. The number of hydrogen-bond acceptors (Lipinski definition) is 2. The molecule has 1 aromatic rings. The van der Waals surface area contributed by atoms with Crippen molar-refractivity contribution in [2.75, 3.05) is 5.73 Å². The number of nitrogens with zero attached hydrogens (tertiary/aromatic N) is 1. The predicted molar refractivity (Wildman–Crippen MR) is 42.2 cm³/mol. The molecule has 0 spiro atoms. The molecule has 0 radical (unpaired) electrons. The lowest BCUT2D eigenvalue weighted by Crippen LogP contribution is -1.83. The van der Waals surface area contributed by atoms with Gasteiger partial charge in [-0.05, 0) is 22.9 Å². The van der Waals surface area contributed by atoms with E-state index in [9.17, 15) is 0 Å². The van der Waals surface area contributed by atoms with Crippen LogP contribution < -0.4 is 5.73 Å². The van der Waals surface area contributed by atoms with Gasteiger partial charge in [0.25, 0.3) is 0 Å². The van der Waals surface area contributed by atoms with Gasteiger partial charge in [0.2, 0.25) is 0 Å². The molecule has 0 bridgehead atoms. The summed E-state index contributed by atoms with van der Waals surface area (Å²) in [6, 6.07) is 0. The van der Waals surface area contributed by atoms with Crippen LogP contribution in [0, 0.1) is 6.92 Å². The van der Waals surface area contributed by atoms with Gasteiger partial charge in [0.1, 0.15) is 0 Å². The first-order chi connectivity index (χ1) is 3.72. The summed E-state index contributed by atoms with van der Waals surface area (Å²) in [7, 11) is 0. The van der Waals surface area contributed by atoms with Crippen molar-refractivity contribution in [2.24, 2.45) is 0 Å². The highest BCUT2D eigenvalue weighted by atomic mass is 79.9. The van der Waals surface area contributed by atoms with Crippen LogP contribution in [-0.4, -0.2) is 10.2 Å². The molecule has 0 aliphatic heterocycles. The molecule has 52 valence electrons. The Morgan fingerprint density at radius 3 is 2.33 bits per heavy atom. The molecule has 0 aliphatic carbocycles. The molecule has 0 saturated heterocycles. The number of aryl methyl sites for hydroxylation is 1. The molecular weight excluding hydrogens is 182 g/mol. The Kier molecular flexibility index (Phi) is 2.70. The third kappa shape index (κ3) is 1.45. The van der Waals surface area contributed by atoms with Gasteiger partial charge in [-0.1, -0.05) is 7.43 Å². The monoisotopic (exact) mass is 191 g/mol. The fourth-order valence-corrected chi connectivity index (χ4v) is 0.612. The van der Waals surface area contributed by atoms with Gasteiger partial charge >= 0.3 is 0 Å². The summed E-state index contributed by atoms with van der Waals surface area (Å²) in [5.41, 5.74) is 6.31. The van der Waals surface area contributed by atoms with Crippen LogP contribution in [-0.2, 0) is 0 Å². The van der Waals surface area contributed by atoms with Crippen molar-refractivity contribution in [1.82, 2.24) is 10.2 Å². The molecule has 1 heterocycles. The normalized spacial score (nSPS) is 8.67. The van der Waals surface area contributed by atoms with E-state index in [-0.39, 0.29) is 7.43 Å². The van der Waals surface area contributed by atoms with Crippen LogP contribution in [0.2, 0.25) is 0 Å². The minimum Gasteiger partial charge on any atom is -0.381 e. The topological polar surface area (TPSA) is 54.7 Å². The predicted octanol–water partition coefficient (Wildman–Crippen LogP) is 1.70. The number of anilines is 1. The van der Waals surface area contributed by atoms with Gasteiger partial charge in [-0.2, -0.15) is 5.10 Å². The SMILES string of the molecule is C.Cc1[nH]nc(N)c1Br. The van der Waals surface area contributed by atoms with E-state index in [0.29, 0.717) is 5.82 Å². The maximum atomic E-state index is 5.35. The van der Waals surface area contributed by atoms with Gasteiger partial charge in [0.05, 0.1) is 4.47 Å². The largest absolute Gasteiger partial charge is 0.381 e. The third-order valence-corrected chi connectivity index (χ3v) is 1.90. The van der Waals surface area contributed by atoms with Crippen molar-refractivity contribution in [3.05, 3.63) is 10.2 Å². The van der Waals surface area contributed by atoms with E-state index in [2.05, 4.69) is 26.1 Å². The highest BCUT2D eigenvalue weighted by Gasteiger charge is 1.99. The quantitative estimate of drug-likeness (QED) is 0.657. The summed E-state index contributed by atoms with van der Waals surface area (Å²) in [5.74, 6) is 0.516. The standard InChI is InChI=1S/C4H6BrN3.CH4/c1-2-3(5)4(6)8-7-2;/h1H3,(H3,6,7,8);1H4. The fraction of sp³-hybridized carbons (Fsp3) is 0.400. The van der Waals surface area contributed by atoms with E-state index in [1.54, 1.807) is 0 Å². The molecule has 1 rings (SSSR count). The van der Waals surface area contributed by atoms with Crippen LogP contribution in [0.4, 0.5) is 5.82 Å². The number of halogens is 1. The van der Waals surface area contributed by atoms with Crippen molar-refractivity contribution in [3.8, 4) is 0 Å². The van der Waals surface area contributed by atoms with Crippen LogP contribution in [0.15, 0.2) is 4.47 Å². The Hall–Kier alpha value is -0.510. The van der Waals surface area contributed by atoms with Crippen molar-refractivity contribution in [2.45, 2.75) is 14.4 Å². The summed E-state index contributed by atoms with van der Waals surface area (Å²) in [6.07, 6.45) is 0. The van der Waals surface area contributed by atoms with Crippen LogP contribution in [0.5, 0.6) is 0 Å². The summed E-state index contributed by atoms with van der Waals surface area (Å²) in [4.78, 5) is 0. The van der Waals surface area contributed by atoms with Gasteiger partial charge in [-0.15, -0.1) is 0 Å². The summed E-state index contributed by atoms with van der Waals surface area (Å²) in [5, 5.41) is 6.44. The number of aromatic nitrogens is 2. The maximum Gasteiger partial charge on any atom is 0.159 e. The molecule has 3 N–H and O–H groups in total. The van der Waals surface area contributed by atoms with Crippen molar-refractivity contribution < 1.29 is 0 Å². The molecular formula is C5H10BrN3.